The average molecular weight is 264 g/mol. The zero-order chi connectivity index (χ0) is 13.5. The molecule has 1 aliphatic carbocycles. The van der Waals surface area contributed by atoms with Gasteiger partial charge in [-0.3, -0.25) is 9.36 Å². The zero-order valence-electron chi connectivity index (χ0n) is 11.3. The highest BCUT2D eigenvalue weighted by atomic mass is 16.5. The van der Waals surface area contributed by atoms with Crippen LogP contribution in [0.25, 0.3) is 0 Å². The van der Waals surface area contributed by atoms with Gasteiger partial charge in [-0.15, -0.1) is 0 Å². The quantitative estimate of drug-likeness (QED) is 0.802. The average Bonchev–Trinajstić information content (AvgIpc) is 3.01. The SMILES string of the molecule is Cn1ccc(=O)n(CC2CCC3(CCCC3)O2)c1=O. The van der Waals surface area contributed by atoms with Crippen LogP contribution in [-0.2, 0) is 18.3 Å². The van der Waals surface area contributed by atoms with Gasteiger partial charge in [-0.25, -0.2) is 4.79 Å². The van der Waals surface area contributed by atoms with Gasteiger partial charge in [0, 0.05) is 19.3 Å². The Morgan fingerprint density at radius 3 is 2.79 bits per heavy atom. The maximum absolute atomic E-state index is 12.0. The van der Waals surface area contributed by atoms with E-state index in [2.05, 4.69) is 0 Å². The number of hydrogen-bond donors (Lipinski definition) is 0. The van der Waals surface area contributed by atoms with Gasteiger partial charge in [-0.2, -0.15) is 0 Å². The van der Waals surface area contributed by atoms with Crippen molar-refractivity contribution >= 4 is 0 Å². The number of nitrogens with zero attached hydrogens (tertiary/aromatic N) is 2. The number of aryl methyl sites for hydroxylation is 1. The van der Waals surface area contributed by atoms with Gasteiger partial charge in [-0.05, 0) is 25.7 Å². The molecule has 1 aliphatic heterocycles. The predicted molar refractivity (Wildman–Crippen MR) is 71.2 cm³/mol. The van der Waals surface area contributed by atoms with Crippen LogP contribution in [0.1, 0.15) is 38.5 Å². The summed E-state index contributed by atoms with van der Waals surface area (Å²) in [5, 5.41) is 0. The molecule has 2 aliphatic rings. The molecule has 1 atom stereocenters. The first-order valence-electron chi connectivity index (χ1n) is 7.04. The summed E-state index contributed by atoms with van der Waals surface area (Å²) in [7, 11) is 1.66. The molecule has 0 radical (unpaired) electrons. The summed E-state index contributed by atoms with van der Waals surface area (Å²) in [4.78, 5) is 23.7. The van der Waals surface area contributed by atoms with Crippen LogP contribution >= 0.6 is 0 Å². The topological polar surface area (TPSA) is 53.2 Å². The molecule has 1 saturated heterocycles. The molecule has 0 bridgehead atoms. The summed E-state index contributed by atoms with van der Waals surface area (Å²) >= 11 is 0. The molecule has 1 unspecified atom stereocenters. The largest absolute Gasteiger partial charge is 0.370 e. The smallest absolute Gasteiger partial charge is 0.330 e. The standard InChI is InChI=1S/C14H20N2O3/c1-15-9-5-12(17)16(13(15)18)10-11-4-8-14(19-11)6-2-3-7-14/h5,9,11H,2-4,6-8,10H2,1H3. The highest BCUT2D eigenvalue weighted by Crippen LogP contribution is 2.43. The van der Waals surface area contributed by atoms with Gasteiger partial charge in [0.1, 0.15) is 0 Å². The fourth-order valence-electron chi connectivity index (χ4n) is 3.40. The number of aromatic nitrogens is 2. The Hall–Kier alpha value is -1.36. The maximum Gasteiger partial charge on any atom is 0.330 e. The molecular formula is C14H20N2O3. The van der Waals surface area contributed by atoms with Crippen molar-refractivity contribution in [2.45, 2.75) is 56.8 Å². The fraction of sp³-hybridized carbons (Fsp3) is 0.714. The Balaban J connectivity index is 1.78. The molecule has 5 heteroatoms. The van der Waals surface area contributed by atoms with Crippen molar-refractivity contribution in [3.8, 4) is 0 Å². The van der Waals surface area contributed by atoms with Crippen molar-refractivity contribution in [3.05, 3.63) is 33.1 Å². The lowest BCUT2D eigenvalue weighted by Gasteiger charge is -2.23. The van der Waals surface area contributed by atoms with Crippen LogP contribution in [0.4, 0.5) is 0 Å². The van der Waals surface area contributed by atoms with Crippen molar-refractivity contribution < 1.29 is 4.74 Å². The van der Waals surface area contributed by atoms with Crippen molar-refractivity contribution in [3.63, 3.8) is 0 Å². The first kappa shape index (κ1) is 12.7. The molecule has 3 rings (SSSR count). The number of rotatable bonds is 2. The lowest BCUT2D eigenvalue weighted by atomic mass is 9.98. The Labute approximate surface area is 111 Å². The van der Waals surface area contributed by atoms with Gasteiger partial charge in [0.25, 0.3) is 5.56 Å². The highest BCUT2D eigenvalue weighted by Gasteiger charge is 2.42. The summed E-state index contributed by atoms with van der Waals surface area (Å²) in [6, 6.07) is 1.43. The predicted octanol–water partition coefficient (Wildman–Crippen LogP) is 1.04. The third-order valence-electron chi connectivity index (χ3n) is 4.48. The van der Waals surface area contributed by atoms with Crippen molar-refractivity contribution in [2.75, 3.05) is 0 Å². The van der Waals surface area contributed by atoms with Gasteiger partial charge in [0.15, 0.2) is 0 Å². The molecule has 2 fully saturated rings. The second kappa shape index (κ2) is 4.63. The van der Waals surface area contributed by atoms with Crippen LogP contribution in [0, 0.1) is 0 Å². The molecule has 1 aromatic rings. The number of ether oxygens (including phenoxy) is 1. The minimum atomic E-state index is -0.261. The second-order valence-corrected chi connectivity index (χ2v) is 5.83. The van der Waals surface area contributed by atoms with Gasteiger partial charge >= 0.3 is 5.69 Å². The molecule has 104 valence electrons. The Bertz CT molecular complexity index is 581. The van der Waals surface area contributed by atoms with Crippen LogP contribution in [-0.4, -0.2) is 20.8 Å². The van der Waals surface area contributed by atoms with E-state index in [1.54, 1.807) is 7.05 Å². The van der Waals surface area contributed by atoms with E-state index >= 15 is 0 Å². The first-order valence-corrected chi connectivity index (χ1v) is 7.04. The normalized spacial score (nSPS) is 25.2. The lowest BCUT2D eigenvalue weighted by Crippen LogP contribution is -2.41. The Morgan fingerprint density at radius 2 is 2.05 bits per heavy atom. The molecule has 0 aromatic carbocycles. The van der Waals surface area contributed by atoms with E-state index in [1.165, 1.54) is 34.2 Å². The molecule has 0 N–H and O–H groups in total. The van der Waals surface area contributed by atoms with E-state index in [9.17, 15) is 9.59 Å². The van der Waals surface area contributed by atoms with Crippen LogP contribution in [0.5, 0.6) is 0 Å². The Kier molecular flexibility index (Phi) is 3.09. The van der Waals surface area contributed by atoms with Crippen LogP contribution in [0.15, 0.2) is 21.9 Å². The first-order chi connectivity index (χ1) is 9.10. The van der Waals surface area contributed by atoms with Crippen molar-refractivity contribution in [1.82, 2.24) is 9.13 Å². The molecule has 19 heavy (non-hydrogen) atoms. The summed E-state index contributed by atoms with van der Waals surface area (Å²) in [5.41, 5.74) is -0.448. The third-order valence-corrected chi connectivity index (χ3v) is 4.48. The van der Waals surface area contributed by atoms with E-state index in [4.69, 9.17) is 4.74 Å². The molecule has 1 aromatic heterocycles. The summed E-state index contributed by atoms with van der Waals surface area (Å²) in [6.45, 7) is 0.383. The minimum absolute atomic E-state index is 0.00546. The lowest BCUT2D eigenvalue weighted by molar-refractivity contribution is -0.0426. The third kappa shape index (κ3) is 2.27. The van der Waals surface area contributed by atoms with Gasteiger partial charge in [0.05, 0.1) is 18.2 Å². The van der Waals surface area contributed by atoms with Gasteiger partial charge < -0.3 is 9.30 Å². The fourth-order valence-corrected chi connectivity index (χ4v) is 3.40. The van der Waals surface area contributed by atoms with Crippen molar-refractivity contribution in [2.24, 2.45) is 7.05 Å². The second-order valence-electron chi connectivity index (χ2n) is 5.83. The summed E-state index contributed by atoms with van der Waals surface area (Å²) < 4.78 is 8.88. The Morgan fingerprint density at radius 1 is 1.32 bits per heavy atom. The number of hydrogen-bond acceptors (Lipinski definition) is 3. The zero-order valence-corrected chi connectivity index (χ0v) is 11.3. The van der Waals surface area contributed by atoms with E-state index in [1.807, 2.05) is 0 Å². The van der Waals surface area contributed by atoms with E-state index in [-0.39, 0.29) is 23.0 Å². The molecule has 5 nitrogen and oxygen atoms in total. The monoisotopic (exact) mass is 264 g/mol. The maximum atomic E-state index is 12.0. The van der Waals surface area contributed by atoms with E-state index in [0.29, 0.717) is 6.54 Å². The molecule has 1 spiro atoms. The van der Waals surface area contributed by atoms with Gasteiger partial charge in [0.2, 0.25) is 0 Å². The summed E-state index contributed by atoms with van der Waals surface area (Å²) in [6.07, 6.45) is 8.26. The minimum Gasteiger partial charge on any atom is -0.370 e. The summed E-state index contributed by atoms with van der Waals surface area (Å²) in [5.74, 6) is 0. The van der Waals surface area contributed by atoms with E-state index in [0.717, 1.165) is 25.7 Å². The van der Waals surface area contributed by atoms with Crippen LogP contribution in [0.3, 0.4) is 0 Å². The van der Waals surface area contributed by atoms with Crippen molar-refractivity contribution in [1.29, 1.82) is 0 Å². The molecule has 1 saturated carbocycles. The highest BCUT2D eigenvalue weighted by molar-refractivity contribution is 4.94. The van der Waals surface area contributed by atoms with Gasteiger partial charge in [-0.1, -0.05) is 12.8 Å². The molecule has 0 amide bonds. The molecular weight excluding hydrogens is 244 g/mol. The van der Waals surface area contributed by atoms with Crippen LogP contribution in [0.2, 0.25) is 0 Å². The van der Waals surface area contributed by atoms with E-state index < -0.39 is 0 Å². The molecule has 2 heterocycles. The van der Waals surface area contributed by atoms with Crippen LogP contribution < -0.4 is 11.2 Å².